The van der Waals surface area contributed by atoms with Crippen molar-refractivity contribution in [2.24, 2.45) is 5.92 Å². The first kappa shape index (κ1) is 14.4. The van der Waals surface area contributed by atoms with E-state index >= 15 is 0 Å². The summed E-state index contributed by atoms with van der Waals surface area (Å²) in [6.45, 7) is 0.918. The van der Waals surface area contributed by atoms with Crippen molar-refractivity contribution in [1.82, 2.24) is 15.0 Å². The minimum absolute atomic E-state index is 0.311. The van der Waals surface area contributed by atoms with Gasteiger partial charge in [-0.2, -0.15) is 4.98 Å². The highest BCUT2D eigenvalue weighted by Gasteiger charge is 2.38. The molecule has 1 aliphatic carbocycles. The molecule has 1 saturated heterocycles. The fourth-order valence-corrected chi connectivity index (χ4v) is 3.34. The van der Waals surface area contributed by atoms with Crippen LogP contribution in [0, 0.1) is 5.92 Å². The Bertz CT molecular complexity index is 679. The second kappa shape index (κ2) is 6.14. The van der Waals surface area contributed by atoms with Crippen molar-refractivity contribution < 1.29 is 9.32 Å². The van der Waals surface area contributed by atoms with E-state index in [2.05, 4.69) is 15.0 Å². The Balaban J connectivity index is 1.37. The number of hydrogen-bond acceptors (Lipinski definition) is 4. The van der Waals surface area contributed by atoms with Crippen LogP contribution in [0.25, 0.3) is 11.5 Å². The summed E-state index contributed by atoms with van der Waals surface area (Å²) in [5, 5.41) is 4.08. The summed E-state index contributed by atoms with van der Waals surface area (Å²) >= 11 is 0. The Hall–Kier alpha value is -2.17. The third-order valence-electron chi connectivity index (χ3n) is 4.78. The Morgan fingerprint density at radius 1 is 1.22 bits per heavy atom. The Labute approximate surface area is 135 Å². The smallest absolute Gasteiger partial charge is 0.257 e. The Kier molecular flexibility index (Phi) is 3.85. The molecule has 1 saturated carbocycles. The third kappa shape index (κ3) is 3.14. The zero-order chi connectivity index (χ0) is 15.6. The number of rotatable bonds is 5. The number of carbonyl (C=O) groups excluding carboxylic acids is 1. The van der Waals surface area contributed by atoms with Crippen LogP contribution in [0.5, 0.6) is 0 Å². The molecule has 2 aliphatic rings. The first-order valence-corrected chi connectivity index (χ1v) is 8.50. The number of benzene rings is 1. The molecule has 2 fully saturated rings. The van der Waals surface area contributed by atoms with E-state index in [-0.39, 0.29) is 0 Å². The molecule has 5 heteroatoms. The standard InChI is InChI=1S/C18H21N3O2/c22-18(14-8-9-14)21-12-4-7-15(21)10-11-16-19-17(23-20-16)13-5-2-1-3-6-13/h1-3,5-6,14-15H,4,7-12H2. The zero-order valence-electron chi connectivity index (χ0n) is 13.1. The number of hydrogen-bond donors (Lipinski definition) is 0. The van der Waals surface area contributed by atoms with E-state index in [1.54, 1.807) is 0 Å². The quantitative estimate of drug-likeness (QED) is 0.851. The van der Waals surface area contributed by atoms with Gasteiger partial charge in [0.05, 0.1) is 0 Å². The molecule has 1 amide bonds. The fraction of sp³-hybridized carbons (Fsp3) is 0.500. The maximum atomic E-state index is 12.3. The van der Waals surface area contributed by atoms with Crippen molar-refractivity contribution in [3.63, 3.8) is 0 Å². The molecule has 120 valence electrons. The molecular weight excluding hydrogens is 290 g/mol. The van der Waals surface area contributed by atoms with Gasteiger partial charge in [0.1, 0.15) is 0 Å². The van der Waals surface area contributed by atoms with Crippen molar-refractivity contribution in [2.45, 2.75) is 44.6 Å². The van der Waals surface area contributed by atoms with Crippen molar-refractivity contribution in [1.29, 1.82) is 0 Å². The van der Waals surface area contributed by atoms with Crippen LogP contribution in [0.3, 0.4) is 0 Å². The SMILES string of the molecule is O=C(C1CC1)N1CCCC1CCc1noc(-c2ccccc2)n1. The molecule has 1 aromatic heterocycles. The highest BCUT2D eigenvalue weighted by molar-refractivity contribution is 5.81. The summed E-state index contributed by atoms with van der Waals surface area (Å²) in [7, 11) is 0. The van der Waals surface area contributed by atoms with Crippen molar-refractivity contribution in [3.05, 3.63) is 36.2 Å². The summed E-state index contributed by atoms with van der Waals surface area (Å²) in [5.74, 6) is 1.98. The van der Waals surface area contributed by atoms with Gasteiger partial charge in [0.25, 0.3) is 5.89 Å². The van der Waals surface area contributed by atoms with E-state index in [1.165, 1.54) is 0 Å². The molecule has 1 aliphatic heterocycles. The maximum absolute atomic E-state index is 12.3. The summed E-state index contributed by atoms with van der Waals surface area (Å²) in [4.78, 5) is 18.9. The molecule has 5 nitrogen and oxygen atoms in total. The monoisotopic (exact) mass is 311 g/mol. The average molecular weight is 311 g/mol. The third-order valence-corrected chi connectivity index (χ3v) is 4.78. The van der Waals surface area contributed by atoms with E-state index in [0.29, 0.717) is 23.8 Å². The maximum Gasteiger partial charge on any atom is 0.257 e. The van der Waals surface area contributed by atoms with Crippen LogP contribution >= 0.6 is 0 Å². The lowest BCUT2D eigenvalue weighted by atomic mass is 10.1. The summed E-state index contributed by atoms with van der Waals surface area (Å²) in [6.07, 6.45) is 6.05. The molecule has 2 heterocycles. The number of amides is 1. The molecule has 1 aromatic carbocycles. The van der Waals surface area contributed by atoms with Gasteiger partial charge in [-0.1, -0.05) is 23.4 Å². The first-order valence-electron chi connectivity index (χ1n) is 8.50. The van der Waals surface area contributed by atoms with Crippen molar-refractivity contribution in [2.75, 3.05) is 6.54 Å². The van der Waals surface area contributed by atoms with E-state index in [9.17, 15) is 4.79 Å². The highest BCUT2D eigenvalue weighted by Crippen LogP contribution is 2.34. The average Bonchev–Trinajstić information content (AvgIpc) is 3.15. The summed E-state index contributed by atoms with van der Waals surface area (Å²) in [5.41, 5.74) is 0.942. The van der Waals surface area contributed by atoms with Gasteiger partial charge in [0.2, 0.25) is 5.91 Å². The molecule has 4 rings (SSSR count). The van der Waals surface area contributed by atoms with Crippen LogP contribution in [-0.2, 0) is 11.2 Å². The van der Waals surface area contributed by atoms with Crippen LogP contribution in [0.15, 0.2) is 34.9 Å². The first-order chi connectivity index (χ1) is 11.3. The summed E-state index contributed by atoms with van der Waals surface area (Å²) < 4.78 is 5.35. The zero-order valence-corrected chi connectivity index (χ0v) is 13.1. The molecular formula is C18H21N3O2. The molecule has 0 bridgehead atoms. The van der Waals surface area contributed by atoms with Crippen LogP contribution in [0.2, 0.25) is 0 Å². The predicted molar refractivity (Wildman–Crippen MR) is 85.5 cm³/mol. The lowest BCUT2D eigenvalue weighted by molar-refractivity contribution is -0.133. The Morgan fingerprint density at radius 3 is 2.83 bits per heavy atom. The fourth-order valence-electron chi connectivity index (χ4n) is 3.34. The van der Waals surface area contributed by atoms with Gasteiger partial charge in [-0.05, 0) is 44.2 Å². The molecule has 0 radical (unpaired) electrons. The summed E-state index contributed by atoms with van der Waals surface area (Å²) in [6, 6.07) is 10.2. The molecule has 23 heavy (non-hydrogen) atoms. The highest BCUT2D eigenvalue weighted by atomic mass is 16.5. The molecule has 1 unspecified atom stereocenters. The molecule has 0 N–H and O–H groups in total. The number of carbonyl (C=O) groups is 1. The van der Waals surface area contributed by atoms with Gasteiger partial charge < -0.3 is 9.42 Å². The van der Waals surface area contributed by atoms with Crippen LogP contribution < -0.4 is 0 Å². The second-order valence-corrected chi connectivity index (χ2v) is 6.52. The van der Waals surface area contributed by atoms with E-state index in [0.717, 1.165) is 56.5 Å². The van der Waals surface area contributed by atoms with E-state index < -0.39 is 0 Å². The van der Waals surface area contributed by atoms with Crippen LogP contribution in [-0.4, -0.2) is 33.5 Å². The largest absolute Gasteiger partial charge is 0.339 e. The van der Waals surface area contributed by atoms with Crippen LogP contribution in [0.4, 0.5) is 0 Å². The number of aryl methyl sites for hydroxylation is 1. The van der Waals surface area contributed by atoms with Crippen molar-refractivity contribution >= 4 is 5.91 Å². The van der Waals surface area contributed by atoms with Crippen molar-refractivity contribution in [3.8, 4) is 11.5 Å². The van der Waals surface area contributed by atoms with Gasteiger partial charge in [-0.3, -0.25) is 4.79 Å². The van der Waals surface area contributed by atoms with Gasteiger partial charge in [0, 0.05) is 30.5 Å². The Morgan fingerprint density at radius 2 is 2.04 bits per heavy atom. The normalized spacial score (nSPS) is 20.9. The van der Waals surface area contributed by atoms with Gasteiger partial charge in [-0.15, -0.1) is 0 Å². The number of aromatic nitrogens is 2. The van der Waals surface area contributed by atoms with E-state index in [4.69, 9.17) is 4.52 Å². The van der Waals surface area contributed by atoms with Gasteiger partial charge in [0.15, 0.2) is 5.82 Å². The van der Waals surface area contributed by atoms with Crippen LogP contribution in [0.1, 0.15) is 37.9 Å². The lowest BCUT2D eigenvalue weighted by Gasteiger charge is -2.24. The minimum atomic E-state index is 0.311. The second-order valence-electron chi connectivity index (χ2n) is 6.52. The topological polar surface area (TPSA) is 59.2 Å². The molecule has 0 spiro atoms. The minimum Gasteiger partial charge on any atom is -0.339 e. The molecule has 2 aromatic rings. The number of nitrogens with zero attached hydrogens (tertiary/aromatic N) is 3. The van der Waals surface area contributed by atoms with Gasteiger partial charge in [-0.25, -0.2) is 0 Å². The van der Waals surface area contributed by atoms with Gasteiger partial charge >= 0.3 is 0 Å². The predicted octanol–water partition coefficient (Wildman–Crippen LogP) is 3.07. The number of likely N-dealkylation sites (tertiary alicyclic amines) is 1. The van der Waals surface area contributed by atoms with E-state index in [1.807, 2.05) is 30.3 Å². The lowest BCUT2D eigenvalue weighted by Crippen LogP contribution is -2.36. The molecule has 1 atom stereocenters.